The number of halogens is 1. The van der Waals surface area contributed by atoms with E-state index in [9.17, 15) is 4.39 Å². The lowest BCUT2D eigenvalue weighted by atomic mass is 9.83. The molecule has 0 bridgehead atoms. The van der Waals surface area contributed by atoms with Gasteiger partial charge in [-0.2, -0.15) is 0 Å². The summed E-state index contributed by atoms with van der Waals surface area (Å²) in [5.41, 5.74) is 6.56. The third-order valence-corrected chi connectivity index (χ3v) is 3.88. The van der Waals surface area contributed by atoms with E-state index in [-0.39, 0.29) is 23.6 Å². The van der Waals surface area contributed by atoms with Gasteiger partial charge < -0.3 is 15.2 Å². The molecule has 2 N–H and O–H groups in total. The van der Waals surface area contributed by atoms with Gasteiger partial charge in [0.25, 0.3) is 0 Å². The van der Waals surface area contributed by atoms with E-state index in [1.807, 2.05) is 6.92 Å². The van der Waals surface area contributed by atoms with Crippen molar-refractivity contribution in [3.8, 4) is 5.75 Å². The Bertz CT molecular complexity index is 451. The highest BCUT2D eigenvalue weighted by Gasteiger charge is 2.48. The maximum absolute atomic E-state index is 13.2. The van der Waals surface area contributed by atoms with Crippen LogP contribution < -0.4 is 10.5 Å². The highest BCUT2D eigenvalue weighted by atomic mass is 19.1. The van der Waals surface area contributed by atoms with E-state index in [0.29, 0.717) is 18.8 Å². The largest absolute Gasteiger partial charge is 0.484 e. The molecule has 3 atom stereocenters. The maximum Gasteiger partial charge on any atom is 0.139 e. The van der Waals surface area contributed by atoms with Crippen LogP contribution >= 0.6 is 0 Å². The minimum Gasteiger partial charge on any atom is -0.484 e. The molecule has 0 saturated carbocycles. The fraction of sp³-hybridized carbons (Fsp3) is 0.538. The van der Waals surface area contributed by atoms with Gasteiger partial charge in [-0.3, -0.25) is 0 Å². The van der Waals surface area contributed by atoms with Gasteiger partial charge in [-0.1, -0.05) is 0 Å². The summed E-state index contributed by atoms with van der Waals surface area (Å²) in [6, 6.07) is 4.35. The lowest BCUT2D eigenvalue weighted by Gasteiger charge is -2.40. The molecule has 2 aliphatic heterocycles. The van der Waals surface area contributed by atoms with Crippen LogP contribution in [0.1, 0.15) is 31.4 Å². The van der Waals surface area contributed by atoms with Crippen molar-refractivity contribution in [3.05, 3.63) is 29.6 Å². The Balaban J connectivity index is 2.01. The summed E-state index contributed by atoms with van der Waals surface area (Å²) in [4.78, 5) is 0. The van der Waals surface area contributed by atoms with Crippen LogP contribution in [0.4, 0.5) is 4.39 Å². The first kappa shape index (κ1) is 11.0. The SMILES string of the molecule is CC1OCCC12C[C@H](N)c1cc(F)ccc1O2. The Morgan fingerprint density at radius 2 is 2.29 bits per heavy atom. The molecule has 1 spiro atoms. The molecule has 2 heterocycles. The number of ether oxygens (including phenoxy) is 2. The average Bonchev–Trinajstić information content (AvgIpc) is 2.62. The summed E-state index contributed by atoms with van der Waals surface area (Å²) in [5, 5.41) is 0. The highest BCUT2D eigenvalue weighted by molar-refractivity contribution is 5.39. The molecule has 1 aromatic carbocycles. The van der Waals surface area contributed by atoms with Crippen LogP contribution in [0.2, 0.25) is 0 Å². The zero-order chi connectivity index (χ0) is 12.0. The van der Waals surface area contributed by atoms with Crippen molar-refractivity contribution in [1.82, 2.24) is 0 Å². The summed E-state index contributed by atoms with van der Waals surface area (Å²) in [6.45, 7) is 2.71. The Hall–Kier alpha value is -1.13. The fourth-order valence-corrected chi connectivity index (χ4v) is 2.81. The monoisotopic (exact) mass is 237 g/mol. The lowest BCUT2D eigenvalue weighted by Crippen LogP contribution is -2.47. The predicted octanol–water partition coefficient (Wildman–Crippen LogP) is 2.16. The number of rotatable bonds is 0. The normalized spacial score (nSPS) is 35.7. The van der Waals surface area contributed by atoms with Gasteiger partial charge in [0.1, 0.15) is 17.2 Å². The molecule has 0 radical (unpaired) electrons. The second-order valence-corrected chi connectivity index (χ2v) is 4.92. The van der Waals surface area contributed by atoms with Crippen LogP contribution in [0.15, 0.2) is 18.2 Å². The molecule has 0 aliphatic carbocycles. The van der Waals surface area contributed by atoms with Gasteiger partial charge in [-0.15, -0.1) is 0 Å². The van der Waals surface area contributed by atoms with Crippen LogP contribution in [0.3, 0.4) is 0 Å². The van der Waals surface area contributed by atoms with Crippen molar-refractivity contribution >= 4 is 0 Å². The van der Waals surface area contributed by atoms with Crippen LogP contribution in [0.5, 0.6) is 5.75 Å². The molecule has 2 aliphatic rings. The van der Waals surface area contributed by atoms with Crippen molar-refractivity contribution in [2.75, 3.05) is 6.61 Å². The zero-order valence-electron chi connectivity index (χ0n) is 9.78. The molecular weight excluding hydrogens is 221 g/mol. The van der Waals surface area contributed by atoms with E-state index in [1.165, 1.54) is 12.1 Å². The van der Waals surface area contributed by atoms with Crippen molar-refractivity contribution in [2.24, 2.45) is 5.73 Å². The van der Waals surface area contributed by atoms with Gasteiger partial charge in [0, 0.05) is 24.4 Å². The molecular formula is C13H16FNO2. The summed E-state index contributed by atoms with van der Waals surface area (Å²) in [5.74, 6) is 0.428. The second-order valence-electron chi connectivity index (χ2n) is 4.92. The van der Waals surface area contributed by atoms with Crippen molar-refractivity contribution in [3.63, 3.8) is 0 Å². The standard InChI is InChI=1S/C13H16FNO2/c1-8-13(4-5-16-8)7-11(15)10-6-9(14)2-3-12(10)17-13/h2-3,6,8,11H,4-5,7,15H2,1H3/t8?,11-,13?/m0/s1. The van der Waals surface area contributed by atoms with E-state index in [1.54, 1.807) is 6.07 Å². The third-order valence-electron chi connectivity index (χ3n) is 3.88. The first-order valence-corrected chi connectivity index (χ1v) is 5.96. The average molecular weight is 237 g/mol. The number of fused-ring (bicyclic) bond motifs is 1. The molecule has 0 amide bonds. The molecule has 1 aromatic rings. The van der Waals surface area contributed by atoms with Crippen molar-refractivity contribution in [2.45, 2.75) is 37.5 Å². The molecule has 1 saturated heterocycles. The van der Waals surface area contributed by atoms with E-state index >= 15 is 0 Å². The quantitative estimate of drug-likeness (QED) is 0.752. The fourth-order valence-electron chi connectivity index (χ4n) is 2.81. The smallest absolute Gasteiger partial charge is 0.139 e. The van der Waals surface area contributed by atoms with E-state index in [4.69, 9.17) is 15.2 Å². The lowest BCUT2D eigenvalue weighted by molar-refractivity contribution is -0.0276. The van der Waals surface area contributed by atoms with Crippen molar-refractivity contribution in [1.29, 1.82) is 0 Å². The molecule has 0 aromatic heterocycles. The van der Waals surface area contributed by atoms with Gasteiger partial charge >= 0.3 is 0 Å². The van der Waals surface area contributed by atoms with Gasteiger partial charge in [0.2, 0.25) is 0 Å². The summed E-state index contributed by atoms with van der Waals surface area (Å²) in [7, 11) is 0. The topological polar surface area (TPSA) is 44.5 Å². The van der Waals surface area contributed by atoms with Crippen molar-refractivity contribution < 1.29 is 13.9 Å². The molecule has 17 heavy (non-hydrogen) atoms. The highest BCUT2D eigenvalue weighted by Crippen LogP contribution is 2.44. The summed E-state index contributed by atoms with van der Waals surface area (Å²) in [6.07, 6.45) is 1.57. The number of benzene rings is 1. The molecule has 4 heteroatoms. The van der Waals surface area contributed by atoms with Crippen LogP contribution in [-0.2, 0) is 4.74 Å². The number of hydrogen-bond donors (Lipinski definition) is 1. The zero-order valence-corrected chi connectivity index (χ0v) is 9.78. The Labute approximate surface area is 99.7 Å². The van der Waals surface area contributed by atoms with E-state index < -0.39 is 0 Å². The third kappa shape index (κ3) is 1.63. The van der Waals surface area contributed by atoms with E-state index in [0.717, 1.165) is 12.0 Å². The molecule has 1 fully saturated rings. The van der Waals surface area contributed by atoms with Crippen LogP contribution in [0, 0.1) is 5.82 Å². The van der Waals surface area contributed by atoms with Gasteiger partial charge in [0.15, 0.2) is 0 Å². The molecule has 3 nitrogen and oxygen atoms in total. The minimum atomic E-state index is -0.329. The Kier molecular flexibility index (Phi) is 2.38. The predicted molar refractivity (Wildman–Crippen MR) is 61.3 cm³/mol. The molecule has 3 rings (SSSR count). The van der Waals surface area contributed by atoms with Crippen LogP contribution in [-0.4, -0.2) is 18.3 Å². The molecule has 2 unspecified atom stereocenters. The van der Waals surface area contributed by atoms with Gasteiger partial charge in [-0.05, 0) is 25.1 Å². The first-order valence-electron chi connectivity index (χ1n) is 5.96. The number of nitrogens with two attached hydrogens (primary N) is 1. The van der Waals surface area contributed by atoms with Gasteiger partial charge in [0.05, 0.1) is 12.7 Å². The van der Waals surface area contributed by atoms with E-state index in [2.05, 4.69) is 0 Å². The molecule has 92 valence electrons. The number of hydrogen-bond acceptors (Lipinski definition) is 3. The second kappa shape index (κ2) is 3.68. The summed E-state index contributed by atoms with van der Waals surface area (Å²) < 4.78 is 24.8. The van der Waals surface area contributed by atoms with Gasteiger partial charge in [-0.25, -0.2) is 4.39 Å². The maximum atomic E-state index is 13.2. The summed E-state index contributed by atoms with van der Waals surface area (Å²) >= 11 is 0. The first-order chi connectivity index (χ1) is 8.11. The minimum absolute atomic E-state index is 0.0340. The van der Waals surface area contributed by atoms with Crippen LogP contribution in [0.25, 0.3) is 0 Å². The Morgan fingerprint density at radius 3 is 3.00 bits per heavy atom. The Morgan fingerprint density at radius 1 is 1.47 bits per heavy atom.